The molecule has 0 radical (unpaired) electrons. The molecule has 0 saturated carbocycles. The van der Waals surface area contributed by atoms with Crippen LogP contribution in [0.2, 0.25) is 0 Å². The van der Waals surface area contributed by atoms with Crippen LogP contribution in [0.5, 0.6) is 0 Å². The van der Waals surface area contributed by atoms with Crippen molar-refractivity contribution in [1.29, 1.82) is 0 Å². The third kappa shape index (κ3) is 3.78. The highest BCUT2D eigenvalue weighted by Crippen LogP contribution is 2.21. The largest absolute Gasteiger partial charge is 0.460 e. The van der Waals surface area contributed by atoms with E-state index in [-0.39, 0.29) is 30.9 Å². The van der Waals surface area contributed by atoms with Gasteiger partial charge >= 0.3 is 17.9 Å². The lowest BCUT2D eigenvalue weighted by Gasteiger charge is -2.06. The fraction of sp³-hybridized carbons (Fsp3) is 0.267. The second-order valence-corrected chi connectivity index (χ2v) is 4.56. The van der Waals surface area contributed by atoms with Gasteiger partial charge in [-0.2, -0.15) is 0 Å². The molecule has 1 aromatic carbocycles. The minimum Gasteiger partial charge on any atom is -0.460 e. The Morgan fingerprint density at radius 1 is 1.14 bits per heavy atom. The van der Waals surface area contributed by atoms with E-state index in [2.05, 4.69) is 11.3 Å². The van der Waals surface area contributed by atoms with Gasteiger partial charge < -0.3 is 9.47 Å². The number of carbonyl (C=O) groups excluding carboxylic acids is 3. The Hall–Kier alpha value is -2.51. The van der Waals surface area contributed by atoms with Gasteiger partial charge in [0, 0.05) is 5.57 Å². The number of hydrogen-bond donors (Lipinski definition) is 0. The first kappa shape index (κ1) is 15.9. The summed E-state index contributed by atoms with van der Waals surface area (Å²) >= 11 is 0. The molecule has 0 amide bonds. The average molecular weight is 306 g/mol. The Kier molecular flexibility index (Phi) is 5.03. The second-order valence-electron chi connectivity index (χ2n) is 4.56. The summed E-state index contributed by atoms with van der Waals surface area (Å²) in [4.78, 5) is 43.5. The number of ether oxygens (including phenoxy) is 2. The number of fused-ring (bicyclic) bond motifs is 1. The minimum atomic E-state index is -0.672. The lowest BCUT2D eigenvalue weighted by atomic mass is 10.1. The summed E-state index contributed by atoms with van der Waals surface area (Å²) < 4.78 is 9.28. The predicted molar refractivity (Wildman–Crippen MR) is 72.7 cm³/mol. The summed E-state index contributed by atoms with van der Waals surface area (Å²) in [5.41, 5.74) is 1.40. The standard InChI is InChI=1S/C15H14O7/c1-9(2)13(16)19-5-6-20-21-8-10-3-4-11-12(7-10)15(18)22-14(11)17/h3-4,7H,1,5-6,8H2,2H3. The van der Waals surface area contributed by atoms with E-state index >= 15 is 0 Å². The summed E-state index contributed by atoms with van der Waals surface area (Å²) in [6.45, 7) is 5.16. The van der Waals surface area contributed by atoms with E-state index in [1.54, 1.807) is 13.0 Å². The first-order valence-electron chi connectivity index (χ1n) is 6.45. The van der Waals surface area contributed by atoms with Crippen molar-refractivity contribution < 1.29 is 33.6 Å². The third-order valence-electron chi connectivity index (χ3n) is 2.77. The van der Waals surface area contributed by atoms with E-state index in [1.807, 2.05) is 0 Å². The molecule has 0 bridgehead atoms. The Morgan fingerprint density at radius 3 is 2.59 bits per heavy atom. The van der Waals surface area contributed by atoms with Gasteiger partial charge in [-0.1, -0.05) is 12.6 Å². The molecule has 22 heavy (non-hydrogen) atoms. The van der Waals surface area contributed by atoms with Crippen LogP contribution in [-0.4, -0.2) is 31.1 Å². The van der Waals surface area contributed by atoms with E-state index in [1.165, 1.54) is 12.1 Å². The maximum atomic E-state index is 11.4. The fourth-order valence-electron chi connectivity index (χ4n) is 1.68. The molecule has 0 aliphatic carbocycles. The molecule has 1 aromatic rings. The minimum absolute atomic E-state index is 0.0384. The molecule has 116 valence electrons. The van der Waals surface area contributed by atoms with Crippen LogP contribution in [0.4, 0.5) is 0 Å². The molecule has 0 saturated heterocycles. The number of benzene rings is 1. The quantitative estimate of drug-likeness (QED) is 0.189. The lowest BCUT2D eigenvalue weighted by Crippen LogP contribution is -2.11. The van der Waals surface area contributed by atoms with Crippen LogP contribution in [0.3, 0.4) is 0 Å². The van der Waals surface area contributed by atoms with Gasteiger partial charge in [0.15, 0.2) is 0 Å². The molecule has 2 rings (SSSR count). The Labute approximate surface area is 126 Å². The van der Waals surface area contributed by atoms with Crippen molar-refractivity contribution in [3.63, 3.8) is 0 Å². The first-order chi connectivity index (χ1) is 10.5. The van der Waals surface area contributed by atoms with Crippen molar-refractivity contribution in [1.82, 2.24) is 0 Å². The molecule has 0 N–H and O–H groups in total. The van der Waals surface area contributed by atoms with Crippen LogP contribution < -0.4 is 0 Å². The van der Waals surface area contributed by atoms with Crippen molar-refractivity contribution in [3.05, 3.63) is 47.0 Å². The van der Waals surface area contributed by atoms with Gasteiger partial charge in [0.25, 0.3) is 0 Å². The average Bonchev–Trinajstić information content (AvgIpc) is 2.77. The molecule has 0 fully saturated rings. The molecule has 7 nitrogen and oxygen atoms in total. The Bertz CT molecular complexity index is 633. The highest BCUT2D eigenvalue weighted by molar-refractivity contribution is 6.14. The van der Waals surface area contributed by atoms with Crippen LogP contribution in [0.15, 0.2) is 30.4 Å². The summed E-state index contributed by atoms with van der Waals surface area (Å²) in [6.07, 6.45) is 0. The molecule has 1 aliphatic rings. The molecule has 0 unspecified atom stereocenters. The highest BCUT2D eigenvalue weighted by atomic mass is 17.2. The number of carbonyl (C=O) groups is 3. The zero-order valence-corrected chi connectivity index (χ0v) is 11.9. The van der Waals surface area contributed by atoms with E-state index in [0.29, 0.717) is 11.1 Å². The second kappa shape index (κ2) is 6.97. The van der Waals surface area contributed by atoms with Gasteiger partial charge in [-0.3, -0.25) is 0 Å². The molecular formula is C15H14O7. The maximum Gasteiger partial charge on any atom is 0.346 e. The van der Waals surface area contributed by atoms with Crippen molar-refractivity contribution >= 4 is 17.9 Å². The van der Waals surface area contributed by atoms with Crippen molar-refractivity contribution in [2.24, 2.45) is 0 Å². The Balaban J connectivity index is 1.73. The van der Waals surface area contributed by atoms with Crippen LogP contribution >= 0.6 is 0 Å². The van der Waals surface area contributed by atoms with E-state index < -0.39 is 17.9 Å². The van der Waals surface area contributed by atoms with Crippen molar-refractivity contribution in [2.75, 3.05) is 13.2 Å². The van der Waals surface area contributed by atoms with E-state index in [0.717, 1.165) is 0 Å². The van der Waals surface area contributed by atoms with E-state index in [4.69, 9.17) is 14.5 Å². The SMILES string of the molecule is C=C(C)C(=O)OCCOOCc1ccc2c(c1)C(=O)OC2=O. The highest BCUT2D eigenvalue weighted by Gasteiger charge is 2.29. The van der Waals surface area contributed by atoms with Crippen LogP contribution in [0.1, 0.15) is 33.2 Å². The van der Waals surface area contributed by atoms with Gasteiger partial charge in [-0.15, -0.1) is 0 Å². The van der Waals surface area contributed by atoms with Crippen LogP contribution in [0.25, 0.3) is 0 Å². The van der Waals surface area contributed by atoms with Crippen LogP contribution in [-0.2, 0) is 30.7 Å². The predicted octanol–water partition coefficient (Wildman–Crippen LogP) is 1.56. The molecular weight excluding hydrogens is 292 g/mol. The van der Waals surface area contributed by atoms with Gasteiger partial charge in [0.1, 0.15) is 19.8 Å². The monoisotopic (exact) mass is 306 g/mol. The number of esters is 3. The zero-order valence-electron chi connectivity index (χ0n) is 11.9. The first-order valence-corrected chi connectivity index (χ1v) is 6.45. The lowest BCUT2D eigenvalue weighted by molar-refractivity contribution is -0.307. The topological polar surface area (TPSA) is 88.1 Å². The van der Waals surface area contributed by atoms with Gasteiger partial charge in [0.05, 0.1) is 11.1 Å². The molecule has 1 aliphatic heterocycles. The molecule has 1 heterocycles. The molecule has 0 atom stereocenters. The normalized spacial score (nSPS) is 12.8. The summed E-state index contributed by atoms with van der Waals surface area (Å²) in [5.74, 6) is -1.82. The van der Waals surface area contributed by atoms with Gasteiger partial charge in [-0.25, -0.2) is 24.2 Å². The Morgan fingerprint density at radius 2 is 1.86 bits per heavy atom. The summed E-state index contributed by atoms with van der Waals surface area (Å²) in [5, 5.41) is 0. The summed E-state index contributed by atoms with van der Waals surface area (Å²) in [7, 11) is 0. The number of hydrogen-bond acceptors (Lipinski definition) is 7. The van der Waals surface area contributed by atoms with Crippen molar-refractivity contribution in [3.8, 4) is 0 Å². The smallest absolute Gasteiger partial charge is 0.346 e. The molecule has 0 aromatic heterocycles. The van der Waals surface area contributed by atoms with Gasteiger partial charge in [0.2, 0.25) is 0 Å². The summed E-state index contributed by atoms with van der Waals surface area (Å²) in [6, 6.07) is 4.63. The maximum absolute atomic E-state index is 11.4. The van der Waals surface area contributed by atoms with Crippen LogP contribution in [0, 0.1) is 0 Å². The van der Waals surface area contributed by atoms with Crippen molar-refractivity contribution in [2.45, 2.75) is 13.5 Å². The zero-order chi connectivity index (χ0) is 16.1. The molecule has 7 heteroatoms. The molecule has 0 spiro atoms. The number of rotatable bonds is 7. The van der Waals surface area contributed by atoms with E-state index in [9.17, 15) is 14.4 Å². The van der Waals surface area contributed by atoms with Gasteiger partial charge in [-0.05, 0) is 24.6 Å². The fourth-order valence-corrected chi connectivity index (χ4v) is 1.68. The number of cyclic esters (lactones) is 2. The third-order valence-corrected chi connectivity index (χ3v) is 2.77.